The van der Waals surface area contributed by atoms with Crippen molar-refractivity contribution in [3.05, 3.63) is 48.0 Å². The highest BCUT2D eigenvalue weighted by molar-refractivity contribution is 5.85. The van der Waals surface area contributed by atoms with Crippen molar-refractivity contribution in [1.29, 1.82) is 0 Å². The Labute approximate surface area is 158 Å². The number of imidazole rings is 1. The fraction of sp³-hybridized carbons (Fsp3) is 0.438. The highest BCUT2D eigenvalue weighted by Crippen LogP contribution is 2.16. The Bertz CT molecular complexity index is 645. The van der Waals surface area contributed by atoms with Gasteiger partial charge in [-0.05, 0) is 17.7 Å². The first-order chi connectivity index (χ1) is 11.1. The molecule has 0 radical (unpaired) electrons. The molecule has 2 aromatic rings. The Morgan fingerprint density at radius 3 is 2.28 bits per heavy atom. The van der Waals surface area contributed by atoms with Crippen molar-refractivity contribution < 1.29 is 8.78 Å². The molecule has 1 fully saturated rings. The first-order valence-electron chi connectivity index (χ1n) is 7.71. The third kappa shape index (κ3) is 5.81. The van der Waals surface area contributed by atoms with Gasteiger partial charge < -0.3 is 5.73 Å². The molecule has 25 heavy (non-hydrogen) atoms. The molecule has 0 atom stereocenters. The van der Waals surface area contributed by atoms with Gasteiger partial charge in [0.15, 0.2) is 0 Å². The maximum absolute atomic E-state index is 12.8. The van der Waals surface area contributed by atoms with Crippen molar-refractivity contribution >= 4 is 30.5 Å². The number of aromatic nitrogens is 2. The molecule has 140 valence electrons. The van der Waals surface area contributed by atoms with E-state index in [1.165, 1.54) is 18.0 Å². The van der Waals surface area contributed by atoms with Gasteiger partial charge in [-0.1, -0.05) is 12.1 Å². The molecule has 5 nitrogen and oxygen atoms in total. The molecule has 3 rings (SSSR count). The lowest BCUT2D eigenvalue weighted by atomic mass is 10.2. The zero-order valence-corrected chi connectivity index (χ0v) is 15.4. The predicted molar refractivity (Wildman–Crippen MR) is 99.4 cm³/mol. The van der Waals surface area contributed by atoms with Gasteiger partial charge in [0.2, 0.25) is 0 Å². The van der Waals surface area contributed by atoms with Gasteiger partial charge in [0.25, 0.3) is 0 Å². The quantitative estimate of drug-likeness (QED) is 0.793. The second-order valence-corrected chi connectivity index (χ2v) is 5.83. The minimum Gasteiger partial charge on any atom is -0.399 e. The summed E-state index contributed by atoms with van der Waals surface area (Å²) in [5.74, 6) is 0.421. The molecular weight excluding hydrogens is 371 g/mol. The minimum absolute atomic E-state index is 0. The number of halogens is 4. The Hall–Kier alpha value is -1.41. The van der Waals surface area contributed by atoms with Gasteiger partial charge in [0.05, 0.1) is 6.54 Å². The molecule has 0 saturated carbocycles. The van der Waals surface area contributed by atoms with Crippen LogP contribution in [0.1, 0.15) is 17.9 Å². The van der Waals surface area contributed by atoms with Gasteiger partial charge in [0, 0.05) is 50.8 Å². The molecule has 1 aliphatic heterocycles. The monoisotopic (exact) mass is 393 g/mol. The van der Waals surface area contributed by atoms with E-state index in [9.17, 15) is 8.78 Å². The lowest BCUT2D eigenvalue weighted by Crippen LogP contribution is -2.45. The van der Waals surface area contributed by atoms with E-state index in [-0.39, 0.29) is 24.8 Å². The summed E-state index contributed by atoms with van der Waals surface area (Å²) < 4.78 is 26.6. The summed E-state index contributed by atoms with van der Waals surface area (Å²) in [5.41, 5.74) is 7.78. The molecule has 1 aromatic carbocycles. The fourth-order valence-electron chi connectivity index (χ4n) is 2.90. The largest absolute Gasteiger partial charge is 0.399 e. The number of nitrogens with two attached hydrogens (primary N) is 1. The summed E-state index contributed by atoms with van der Waals surface area (Å²) >= 11 is 0. The minimum atomic E-state index is -2.53. The summed E-state index contributed by atoms with van der Waals surface area (Å²) in [4.78, 5) is 8.56. The Morgan fingerprint density at radius 1 is 1.04 bits per heavy atom. The second-order valence-electron chi connectivity index (χ2n) is 5.83. The smallest absolute Gasteiger partial charge is 0.319 e. The number of hydrogen-bond donors (Lipinski definition) is 1. The van der Waals surface area contributed by atoms with Crippen molar-refractivity contribution in [3.63, 3.8) is 0 Å². The van der Waals surface area contributed by atoms with Crippen LogP contribution in [0.25, 0.3) is 0 Å². The molecule has 9 heteroatoms. The molecule has 1 aromatic heterocycles. The Balaban J connectivity index is 0.00000156. The van der Waals surface area contributed by atoms with Crippen molar-refractivity contribution in [2.24, 2.45) is 0 Å². The normalized spacial score (nSPS) is 15.6. The number of alkyl halides is 2. The average molecular weight is 394 g/mol. The standard InChI is InChI=1S/C16H21F2N5.2ClH/c17-16(18)23-5-4-20-15(23)12-22-8-6-21(7-9-22)11-13-2-1-3-14(19)10-13;;/h1-5,10,16H,6-9,11-12,19H2;2*1H. The molecular formula is C16H23Cl2F2N5. The summed E-state index contributed by atoms with van der Waals surface area (Å²) in [6.07, 6.45) is 2.76. The molecule has 0 aliphatic carbocycles. The average Bonchev–Trinajstić information content (AvgIpc) is 2.98. The van der Waals surface area contributed by atoms with E-state index in [1.807, 2.05) is 18.2 Å². The summed E-state index contributed by atoms with van der Waals surface area (Å²) in [6, 6.07) is 7.91. The molecule has 2 heterocycles. The van der Waals surface area contributed by atoms with Crippen LogP contribution >= 0.6 is 24.8 Å². The molecule has 0 amide bonds. The van der Waals surface area contributed by atoms with Crippen LogP contribution in [0.3, 0.4) is 0 Å². The van der Waals surface area contributed by atoms with Crippen LogP contribution in [0.4, 0.5) is 14.5 Å². The third-order valence-electron chi connectivity index (χ3n) is 4.15. The first-order valence-corrected chi connectivity index (χ1v) is 7.71. The third-order valence-corrected chi connectivity index (χ3v) is 4.15. The first kappa shape index (κ1) is 21.6. The van der Waals surface area contributed by atoms with E-state index in [2.05, 4.69) is 20.9 Å². The van der Waals surface area contributed by atoms with Crippen molar-refractivity contribution in [3.8, 4) is 0 Å². The van der Waals surface area contributed by atoms with Crippen molar-refractivity contribution in [2.75, 3.05) is 31.9 Å². The molecule has 0 spiro atoms. The van der Waals surface area contributed by atoms with E-state index < -0.39 is 6.55 Å². The maximum Gasteiger partial charge on any atom is 0.319 e. The molecule has 1 saturated heterocycles. The SMILES string of the molecule is Cl.Cl.Nc1cccc(CN2CCN(Cc3nccn3C(F)F)CC2)c1. The lowest BCUT2D eigenvalue weighted by Gasteiger charge is -2.34. The maximum atomic E-state index is 12.8. The van der Waals surface area contributed by atoms with E-state index in [0.29, 0.717) is 12.4 Å². The number of piperazine rings is 1. The molecule has 1 aliphatic rings. The number of benzene rings is 1. The van der Waals surface area contributed by atoms with E-state index >= 15 is 0 Å². The van der Waals surface area contributed by atoms with Crippen LogP contribution in [0.5, 0.6) is 0 Å². The van der Waals surface area contributed by atoms with Gasteiger partial charge in [-0.2, -0.15) is 8.78 Å². The van der Waals surface area contributed by atoms with Crippen molar-refractivity contribution in [1.82, 2.24) is 19.4 Å². The van der Waals surface area contributed by atoms with Gasteiger partial charge in [-0.25, -0.2) is 4.98 Å². The van der Waals surface area contributed by atoms with Crippen LogP contribution in [0.15, 0.2) is 36.7 Å². The summed E-state index contributed by atoms with van der Waals surface area (Å²) in [7, 11) is 0. The number of nitrogen functional groups attached to an aromatic ring is 1. The molecule has 0 bridgehead atoms. The van der Waals surface area contributed by atoms with Crippen LogP contribution in [0, 0.1) is 0 Å². The summed E-state index contributed by atoms with van der Waals surface area (Å²) in [5, 5.41) is 0. The number of rotatable bonds is 5. The van der Waals surface area contributed by atoms with Gasteiger partial charge >= 0.3 is 6.55 Å². The van der Waals surface area contributed by atoms with Crippen LogP contribution in [-0.2, 0) is 13.1 Å². The number of anilines is 1. The summed E-state index contributed by atoms with van der Waals surface area (Å²) in [6.45, 7) is 2.30. The van der Waals surface area contributed by atoms with Crippen LogP contribution < -0.4 is 5.73 Å². The van der Waals surface area contributed by atoms with Crippen LogP contribution in [-0.4, -0.2) is 45.5 Å². The zero-order chi connectivity index (χ0) is 16.2. The van der Waals surface area contributed by atoms with E-state index in [0.717, 1.165) is 43.0 Å². The predicted octanol–water partition coefficient (Wildman–Crippen LogP) is 3.02. The van der Waals surface area contributed by atoms with Gasteiger partial charge in [-0.15, -0.1) is 24.8 Å². The molecule has 0 unspecified atom stereocenters. The topological polar surface area (TPSA) is 50.3 Å². The lowest BCUT2D eigenvalue weighted by molar-refractivity contribution is 0.0603. The van der Waals surface area contributed by atoms with Crippen molar-refractivity contribution in [2.45, 2.75) is 19.6 Å². The number of hydrogen-bond acceptors (Lipinski definition) is 4. The highest BCUT2D eigenvalue weighted by atomic mass is 35.5. The molecule has 2 N–H and O–H groups in total. The van der Waals surface area contributed by atoms with Crippen LogP contribution in [0.2, 0.25) is 0 Å². The van der Waals surface area contributed by atoms with Gasteiger partial charge in [0.1, 0.15) is 5.82 Å². The zero-order valence-electron chi connectivity index (χ0n) is 13.7. The Kier molecular flexibility index (Phi) is 8.58. The Morgan fingerprint density at radius 2 is 1.68 bits per heavy atom. The van der Waals surface area contributed by atoms with E-state index in [4.69, 9.17) is 5.73 Å². The van der Waals surface area contributed by atoms with E-state index in [1.54, 1.807) is 0 Å². The number of nitrogens with zero attached hydrogens (tertiary/aromatic N) is 4. The highest BCUT2D eigenvalue weighted by Gasteiger charge is 2.20. The fourth-order valence-corrected chi connectivity index (χ4v) is 2.90. The van der Waals surface area contributed by atoms with Gasteiger partial charge in [-0.3, -0.25) is 14.4 Å². The second kappa shape index (κ2) is 9.91.